The number of rotatable bonds is 1. The Labute approximate surface area is 130 Å². The third-order valence-corrected chi connectivity index (χ3v) is 4.23. The molecule has 0 bridgehead atoms. The number of benzene rings is 1. The Bertz CT molecular complexity index is 658. The Morgan fingerprint density at radius 2 is 1.90 bits per heavy atom. The number of nitrogens with zero attached hydrogens (tertiary/aromatic N) is 2. The fourth-order valence-corrected chi connectivity index (χ4v) is 3.17. The SMILES string of the molecule is CC(C)(C)c1cc2cccc(N3CCOCC3)c2nc1Cl. The largest absolute Gasteiger partial charge is 0.378 e. The van der Waals surface area contributed by atoms with Crippen molar-refractivity contribution in [3.8, 4) is 0 Å². The molecule has 2 aromatic rings. The van der Waals surface area contributed by atoms with E-state index >= 15 is 0 Å². The fraction of sp³-hybridized carbons (Fsp3) is 0.471. The maximum Gasteiger partial charge on any atom is 0.133 e. The molecular weight excluding hydrogens is 284 g/mol. The van der Waals surface area contributed by atoms with Crippen LogP contribution in [0.3, 0.4) is 0 Å². The van der Waals surface area contributed by atoms with Crippen LogP contribution in [-0.4, -0.2) is 31.3 Å². The maximum absolute atomic E-state index is 6.44. The standard InChI is InChI=1S/C17H21ClN2O/c1-17(2,3)13-11-12-5-4-6-14(15(12)19-16(13)18)20-7-9-21-10-8-20/h4-6,11H,7-10H2,1-3H3. The number of fused-ring (bicyclic) bond motifs is 1. The number of hydrogen-bond acceptors (Lipinski definition) is 3. The third kappa shape index (κ3) is 2.85. The van der Waals surface area contributed by atoms with Crippen LogP contribution in [0.2, 0.25) is 5.15 Å². The summed E-state index contributed by atoms with van der Waals surface area (Å²) in [5.41, 5.74) is 3.22. The molecule has 3 rings (SSSR count). The molecule has 1 saturated heterocycles. The van der Waals surface area contributed by atoms with Crippen LogP contribution in [0.4, 0.5) is 5.69 Å². The minimum absolute atomic E-state index is 0.00670. The number of anilines is 1. The second kappa shape index (κ2) is 5.47. The van der Waals surface area contributed by atoms with Gasteiger partial charge in [-0.15, -0.1) is 0 Å². The smallest absolute Gasteiger partial charge is 0.133 e. The first-order chi connectivity index (χ1) is 9.97. The zero-order chi connectivity index (χ0) is 15.0. The van der Waals surface area contributed by atoms with Gasteiger partial charge in [0.15, 0.2) is 0 Å². The molecule has 0 aliphatic carbocycles. The zero-order valence-electron chi connectivity index (χ0n) is 12.8. The molecule has 0 unspecified atom stereocenters. The predicted octanol–water partition coefficient (Wildman–Crippen LogP) is 4.02. The summed E-state index contributed by atoms with van der Waals surface area (Å²) in [6.07, 6.45) is 0. The fourth-order valence-electron chi connectivity index (χ4n) is 2.75. The molecule has 0 saturated carbocycles. The lowest BCUT2D eigenvalue weighted by Crippen LogP contribution is -2.36. The van der Waals surface area contributed by atoms with Gasteiger partial charge in [0.25, 0.3) is 0 Å². The highest BCUT2D eigenvalue weighted by Crippen LogP contribution is 2.34. The molecule has 112 valence electrons. The average Bonchev–Trinajstić information content (AvgIpc) is 2.46. The maximum atomic E-state index is 6.44. The Kier molecular flexibility index (Phi) is 3.80. The molecule has 0 atom stereocenters. The van der Waals surface area contributed by atoms with Gasteiger partial charge in [0.2, 0.25) is 0 Å². The molecule has 1 aliphatic heterocycles. The van der Waals surface area contributed by atoms with Crippen molar-refractivity contribution in [1.29, 1.82) is 0 Å². The summed E-state index contributed by atoms with van der Waals surface area (Å²) in [4.78, 5) is 7.03. The normalized spacial score (nSPS) is 16.5. The van der Waals surface area contributed by atoms with E-state index in [9.17, 15) is 0 Å². The number of hydrogen-bond donors (Lipinski definition) is 0. The van der Waals surface area contributed by atoms with Crippen LogP contribution in [0.25, 0.3) is 10.9 Å². The Hall–Kier alpha value is -1.32. The quantitative estimate of drug-likeness (QED) is 0.744. The minimum atomic E-state index is -0.00670. The van der Waals surface area contributed by atoms with Crippen LogP contribution in [0.5, 0.6) is 0 Å². The molecule has 0 spiro atoms. The van der Waals surface area contributed by atoms with Crippen molar-refractivity contribution >= 4 is 28.2 Å². The van der Waals surface area contributed by atoms with Gasteiger partial charge in [0, 0.05) is 18.5 Å². The van der Waals surface area contributed by atoms with Gasteiger partial charge < -0.3 is 9.64 Å². The minimum Gasteiger partial charge on any atom is -0.378 e. The molecule has 4 heteroatoms. The highest BCUT2D eigenvalue weighted by atomic mass is 35.5. The number of morpholine rings is 1. The van der Waals surface area contributed by atoms with Gasteiger partial charge >= 0.3 is 0 Å². The summed E-state index contributed by atoms with van der Waals surface area (Å²) >= 11 is 6.44. The van der Waals surface area contributed by atoms with Crippen LogP contribution >= 0.6 is 11.6 Å². The Morgan fingerprint density at radius 1 is 1.19 bits per heavy atom. The first-order valence-corrected chi connectivity index (χ1v) is 7.77. The highest BCUT2D eigenvalue weighted by Gasteiger charge is 2.21. The monoisotopic (exact) mass is 304 g/mol. The third-order valence-electron chi connectivity index (χ3n) is 3.94. The van der Waals surface area contributed by atoms with Crippen molar-refractivity contribution in [3.05, 3.63) is 35.0 Å². The first-order valence-electron chi connectivity index (χ1n) is 7.39. The van der Waals surface area contributed by atoms with Crippen LogP contribution in [-0.2, 0) is 10.2 Å². The molecule has 1 aliphatic rings. The molecule has 0 N–H and O–H groups in total. The number of ether oxygens (including phenoxy) is 1. The number of aromatic nitrogens is 1. The molecule has 3 nitrogen and oxygen atoms in total. The summed E-state index contributed by atoms with van der Waals surface area (Å²) < 4.78 is 5.43. The van der Waals surface area contributed by atoms with Gasteiger partial charge in [-0.3, -0.25) is 0 Å². The van der Waals surface area contributed by atoms with Crippen molar-refractivity contribution in [2.24, 2.45) is 0 Å². The van der Waals surface area contributed by atoms with E-state index in [1.54, 1.807) is 0 Å². The van der Waals surface area contributed by atoms with Gasteiger partial charge in [-0.1, -0.05) is 44.5 Å². The topological polar surface area (TPSA) is 25.4 Å². The molecule has 1 aromatic carbocycles. The van der Waals surface area contributed by atoms with E-state index < -0.39 is 0 Å². The van der Waals surface area contributed by atoms with Gasteiger partial charge in [-0.2, -0.15) is 0 Å². The first kappa shape index (κ1) is 14.6. The van der Waals surface area contributed by atoms with E-state index in [1.165, 1.54) is 0 Å². The van der Waals surface area contributed by atoms with E-state index in [-0.39, 0.29) is 5.41 Å². The van der Waals surface area contributed by atoms with Crippen LogP contribution in [0, 0.1) is 0 Å². The van der Waals surface area contributed by atoms with Gasteiger partial charge in [-0.25, -0.2) is 4.98 Å². The van der Waals surface area contributed by atoms with Crippen molar-refractivity contribution in [1.82, 2.24) is 4.98 Å². The van der Waals surface area contributed by atoms with Crippen LogP contribution in [0.1, 0.15) is 26.3 Å². The second-order valence-corrected chi connectivity index (χ2v) is 6.88. The molecule has 1 aromatic heterocycles. The number of pyridine rings is 1. The van der Waals surface area contributed by atoms with E-state index in [0.29, 0.717) is 5.15 Å². The summed E-state index contributed by atoms with van der Waals surface area (Å²) in [5.74, 6) is 0. The average molecular weight is 305 g/mol. The lowest BCUT2D eigenvalue weighted by molar-refractivity contribution is 0.123. The highest BCUT2D eigenvalue weighted by molar-refractivity contribution is 6.30. The van der Waals surface area contributed by atoms with E-state index in [4.69, 9.17) is 21.3 Å². The van der Waals surface area contributed by atoms with Crippen molar-refractivity contribution < 1.29 is 4.74 Å². The molecule has 21 heavy (non-hydrogen) atoms. The van der Waals surface area contributed by atoms with Crippen LogP contribution < -0.4 is 4.90 Å². The zero-order valence-corrected chi connectivity index (χ0v) is 13.6. The summed E-state index contributed by atoms with van der Waals surface area (Å²) in [7, 11) is 0. The van der Waals surface area contributed by atoms with Gasteiger partial charge in [0.1, 0.15) is 5.15 Å². The van der Waals surface area contributed by atoms with E-state index in [2.05, 4.69) is 49.9 Å². The Morgan fingerprint density at radius 3 is 2.57 bits per heavy atom. The molecule has 2 heterocycles. The van der Waals surface area contributed by atoms with Crippen molar-refractivity contribution in [2.45, 2.75) is 26.2 Å². The lowest BCUT2D eigenvalue weighted by Gasteiger charge is -2.30. The van der Waals surface area contributed by atoms with E-state index in [0.717, 1.165) is 48.5 Å². The molecule has 0 amide bonds. The van der Waals surface area contributed by atoms with Crippen LogP contribution in [0.15, 0.2) is 24.3 Å². The predicted molar refractivity (Wildman–Crippen MR) is 88.5 cm³/mol. The lowest BCUT2D eigenvalue weighted by atomic mass is 9.87. The summed E-state index contributed by atoms with van der Waals surface area (Å²) in [5, 5.41) is 1.75. The van der Waals surface area contributed by atoms with Crippen molar-refractivity contribution in [2.75, 3.05) is 31.2 Å². The Balaban J connectivity index is 2.13. The van der Waals surface area contributed by atoms with E-state index in [1.807, 2.05) is 0 Å². The molecule has 1 fully saturated rings. The van der Waals surface area contributed by atoms with Crippen molar-refractivity contribution in [3.63, 3.8) is 0 Å². The summed E-state index contributed by atoms with van der Waals surface area (Å²) in [6.45, 7) is 9.82. The number of halogens is 1. The van der Waals surface area contributed by atoms with Gasteiger partial charge in [-0.05, 0) is 23.1 Å². The number of para-hydroxylation sites is 1. The second-order valence-electron chi connectivity index (χ2n) is 6.53. The summed E-state index contributed by atoms with van der Waals surface area (Å²) in [6, 6.07) is 8.50. The molecule has 0 radical (unpaired) electrons. The van der Waals surface area contributed by atoms with Gasteiger partial charge in [0.05, 0.1) is 24.4 Å². The molecular formula is C17H21ClN2O.